The Morgan fingerprint density at radius 2 is 1.69 bits per heavy atom. The number of imidazole rings is 1. The zero-order valence-electron chi connectivity index (χ0n) is 16.4. The third kappa shape index (κ3) is 4.46. The molecule has 0 atom stereocenters. The van der Waals surface area contributed by atoms with Crippen LogP contribution in [0.3, 0.4) is 0 Å². The van der Waals surface area contributed by atoms with E-state index in [1.807, 2.05) is 25.3 Å². The van der Waals surface area contributed by atoms with E-state index in [4.69, 9.17) is 0 Å². The van der Waals surface area contributed by atoms with Crippen LogP contribution in [0.15, 0.2) is 0 Å². The van der Waals surface area contributed by atoms with Gasteiger partial charge in [-0.2, -0.15) is 0 Å². The Morgan fingerprint density at radius 1 is 1.00 bits per heavy atom. The molecule has 2 heterocycles. The predicted molar refractivity (Wildman–Crippen MR) is 101 cm³/mol. The van der Waals surface area contributed by atoms with Crippen molar-refractivity contribution in [3.63, 3.8) is 0 Å². The van der Waals surface area contributed by atoms with E-state index in [0.29, 0.717) is 11.5 Å². The van der Waals surface area contributed by atoms with Gasteiger partial charge in [0.25, 0.3) is 11.8 Å². The molecule has 0 saturated heterocycles. The number of hydrogen-bond acceptors (Lipinski definition) is 3. The molecule has 2 amide bonds. The lowest BCUT2D eigenvalue weighted by atomic mass is 10.1. The van der Waals surface area contributed by atoms with Crippen molar-refractivity contribution in [2.75, 3.05) is 0 Å². The third-order valence-corrected chi connectivity index (χ3v) is 5.21. The van der Waals surface area contributed by atoms with Gasteiger partial charge in [-0.05, 0) is 52.9 Å². The molecule has 0 unspecified atom stereocenters. The number of nitrogens with one attached hydrogen (secondary N) is 2. The van der Waals surface area contributed by atoms with Gasteiger partial charge in [0.15, 0.2) is 5.82 Å². The Balaban J connectivity index is 1.82. The molecular formula is C20H32N4O2. The Kier molecular flexibility index (Phi) is 5.68. The van der Waals surface area contributed by atoms with Crippen molar-refractivity contribution in [3.05, 3.63) is 17.2 Å². The smallest absolute Gasteiger partial charge is 0.287 e. The number of carbonyl (C=O) groups is 2. The van der Waals surface area contributed by atoms with E-state index in [9.17, 15) is 9.59 Å². The summed E-state index contributed by atoms with van der Waals surface area (Å²) in [7, 11) is 0. The van der Waals surface area contributed by atoms with Gasteiger partial charge >= 0.3 is 0 Å². The highest BCUT2D eigenvalue weighted by Gasteiger charge is 2.29. The van der Waals surface area contributed by atoms with Crippen molar-refractivity contribution in [2.45, 2.75) is 96.7 Å². The molecule has 26 heavy (non-hydrogen) atoms. The lowest BCUT2D eigenvalue weighted by Crippen LogP contribution is -2.41. The molecule has 144 valence electrons. The largest absolute Gasteiger partial charge is 0.347 e. The monoisotopic (exact) mass is 360 g/mol. The van der Waals surface area contributed by atoms with Crippen LogP contribution < -0.4 is 10.6 Å². The van der Waals surface area contributed by atoms with Crippen LogP contribution in [0.4, 0.5) is 0 Å². The molecule has 2 N–H and O–H groups in total. The van der Waals surface area contributed by atoms with Gasteiger partial charge in [0.05, 0.1) is 5.69 Å². The van der Waals surface area contributed by atoms with E-state index in [2.05, 4.69) is 15.6 Å². The molecule has 1 aliphatic heterocycles. The molecule has 0 spiro atoms. The minimum Gasteiger partial charge on any atom is -0.347 e. The lowest BCUT2D eigenvalue weighted by Gasteiger charge is -2.21. The SMILES string of the molecule is CC(C)(C)NC(=O)c1nc(C(=O)NC2CCCCCC2)n2c1CCCC2. The number of aromatic nitrogens is 2. The van der Waals surface area contributed by atoms with E-state index in [1.54, 1.807) is 0 Å². The van der Waals surface area contributed by atoms with E-state index in [1.165, 1.54) is 25.7 Å². The summed E-state index contributed by atoms with van der Waals surface area (Å²) >= 11 is 0. The first-order valence-electron chi connectivity index (χ1n) is 10.1. The highest BCUT2D eigenvalue weighted by atomic mass is 16.2. The van der Waals surface area contributed by atoms with Crippen LogP contribution in [-0.4, -0.2) is 32.9 Å². The molecular weight excluding hydrogens is 328 g/mol. The summed E-state index contributed by atoms with van der Waals surface area (Å²) < 4.78 is 1.97. The molecule has 1 saturated carbocycles. The molecule has 1 aliphatic carbocycles. The maximum absolute atomic E-state index is 12.9. The van der Waals surface area contributed by atoms with Gasteiger partial charge < -0.3 is 15.2 Å². The Bertz CT molecular complexity index is 664. The summed E-state index contributed by atoms with van der Waals surface area (Å²) in [4.78, 5) is 30.1. The van der Waals surface area contributed by atoms with Crippen molar-refractivity contribution >= 4 is 11.8 Å². The molecule has 1 fully saturated rings. The van der Waals surface area contributed by atoms with Gasteiger partial charge in [0.1, 0.15) is 5.69 Å². The Labute approximate surface area is 156 Å². The standard InChI is InChI=1S/C20H32N4O2/c1-20(2,3)23-18(25)16-15-12-8-9-13-24(15)17(22-16)19(26)21-14-10-6-4-5-7-11-14/h14H,4-13H2,1-3H3,(H,21,26)(H,23,25). The van der Waals surface area contributed by atoms with E-state index < -0.39 is 0 Å². The first-order valence-corrected chi connectivity index (χ1v) is 10.1. The van der Waals surface area contributed by atoms with E-state index >= 15 is 0 Å². The molecule has 2 aliphatic rings. The minimum absolute atomic E-state index is 0.130. The highest BCUT2D eigenvalue weighted by molar-refractivity contribution is 5.97. The number of fused-ring (bicyclic) bond motifs is 1. The van der Waals surface area contributed by atoms with Gasteiger partial charge in [-0.3, -0.25) is 9.59 Å². The van der Waals surface area contributed by atoms with Crippen molar-refractivity contribution < 1.29 is 9.59 Å². The highest BCUT2D eigenvalue weighted by Crippen LogP contribution is 2.23. The van der Waals surface area contributed by atoms with Gasteiger partial charge in [-0.15, -0.1) is 0 Å². The van der Waals surface area contributed by atoms with Crippen LogP contribution >= 0.6 is 0 Å². The second kappa shape index (κ2) is 7.80. The number of amides is 2. The summed E-state index contributed by atoms with van der Waals surface area (Å²) in [5.74, 6) is 0.0922. The summed E-state index contributed by atoms with van der Waals surface area (Å²) in [5, 5.41) is 6.15. The summed E-state index contributed by atoms with van der Waals surface area (Å²) in [6, 6.07) is 0.230. The maximum Gasteiger partial charge on any atom is 0.287 e. The average Bonchev–Trinajstić information content (AvgIpc) is 2.77. The van der Waals surface area contributed by atoms with Gasteiger partial charge in [0.2, 0.25) is 0 Å². The molecule has 6 nitrogen and oxygen atoms in total. The number of rotatable bonds is 3. The molecule has 0 bridgehead atoms. The fraction of sp³-hybridized carbons (Fsp3) is 0.750. The summed E-state index contributed by atoms with van der Waals surface area (Å²) in [5.41, 5.74) is 1.00. The molecule has 6 heteroatoms. The van der Waals surface area contributed by atoms with Crippen molar-refractivity contribution in [1.29, 1.82) is 0 Å². The Hall–Kier alpha value is -1.85. The zero-order chi connectivity index (χ0) is 18.7. The van der Waals surface area contributed by atoms with E-state index in [-0.39, 0.29) is 23.4 Å². The summed E-state index contributed by atoms with van der Waals surface area (Å²) in [6.45, 7) is 6.62. The van der Waals surface area contributed by atoms with Crippen LogP contribution in [0.2, 0.25) is 0 Å². The number of carbonyl (C=O) groups excluding carboxylic acids is 2. The Morgan fingerprint density at radius 3 is 2.35 bits per heavy atom. The zero-order valence-corrected chi connectivity index (χ0v) is 16.4. The normalized spacial score (nSPS) is 18.7. The van der Waals surface area contributed by atoms with Crippen LogP contribution in [0.25, 0.3) is 0 Å². The lowest BCUT2D eigenvalue weighted by molar-refractivity contribution is 0.0912. The minimum atomic E-state index is -0.328. The van der Waals surface area contributed by atoms with Crippen LogP contribution in [0, 0.1) is 0 Å². The van der Waals surface area contributed by atoms with Crippen LogP contribution in [0.5, 0.6) is 0 Å². The predicted octanol–water partition coefficient (Wildman–Crippen LogP) is 3.20. The topological polar surface area (TPSA) is 76.0 Å². The average molecular weight is 361 g/mol. The van der Waals surface area contributed by atoms with Crippen LogP contribution in [0.1, 0.15) is 98.9 Å². The molecule has 0 aromatic carbocycles. The van der Waals surface area contributed by atoms with E-state index in [0.717, 1.165) is 44.3 Å². The first-order chi connectivity index (χ1) is 12.3. The van der Waals surface area contributed by atoms with Gasteiger partial charge in [-0.25, -0.2) is 4.98 Å². The molecule has 0 radical (unpaired) electrons. The van der Waals surface area contributed by atoms with Crippen molar-refractivity contribution in [1.82, 2.24) is 20.2 Å². The van der Waals surface area contributed by atoms with Crippen molar-refractivity contribution in [3.8, 4) is 0 Å². The first kappa shape index (κ1) is 18.9. The van der Waals surface area contributed by atoms with Crippen molar-refractivity contribution in [2.24, 2.45) is 0 Å². The fourth-order valence-corrected chi connectivity index (χ4v) is 3.97. The third-order valence-electron chi connectivity index (χ3n) is 5.21. The molecule has 1 aromatic heterocycles. The number of nitrogens with zero attached hydrogens (tertiary/aromatic N) is 2. The van der Waals surface area contributed by atoms with Gasteiger partial charge in [0, 0.05) is 18.1 Å². The summed E-state index contributed by atoms with van der Waals surface area (Å²) in [6.07, 6.45) is 9.78. The number of hydrogen-bond donors (Lipinski definition) is 2. The fourth-order valence-electron chi connectivity index (χ4n) is 3.97. The molecule has 3 rings (SSSR count). The maximum atomic E-state index is 12.9. The molecule has 1 aromatic rings. The quantitative estimate of drug-likeness (QED) is 0.813. The van der Waals surface area contributed by atoms with Gasteiger partial charge in [-0.1, -0.05) is 25.7 Å². The second-order valence-corrected chi connectivity index (χ2v) is 8.71. The van der Waals surface area contributed by atoms with Crippen LogP contribution in [-0.2, 0) is 13.0 Å². The second-order valence-electron chi connectivity index (χ2n) is 8.71.